The molecule has 0 aliphatic carbocycles. The minimum atomic E-state index is -0.195. The van der Waals surface area contributed by atoms with Crippen molar-refractivity contribution in [2.24, 2.45) is 0 Å². The van der Waals surface area contributed by atoms with Crippen molar-refractivity contribution in [2.75, 3.05) is 32.7 Å². The first-order valence-corrected chi connectivity index (χ1v) is 9.71. The second-order valence-electron chi connectivity index (χ2n) is 6.78. The Morgan fingerprint density at radius 2 is 1.57 bits per heavy atom. The summed E-state index contributed by atoms with van der Waals surface area (Å²) in [6.45, 7) is 5.37. The van der Waals surface area contributed by atoms with Crippen LogP contribution < -0.4 is 5.32 Å². The van der Waals surface area contributed by atoms with Crippen LogP contribution in [0.1, 0.15) is 24.1 Å². The molecule has 0 saturated carbocycles. The maximum atomic E-state index is 12.6. The molecular weight excluding hydrogens is 348 g/mol. The molecule has 1 fully saturated rings. The fourth-order valence-electron chi connectivity index (χ4n) is 3.58. The Morgan fingerprint density at radius 3 is 2.04 bits per heavy atom. The summed E-state index contributed by atoms with van der Waals surface area (Å²) in [5, 5.41) is 12.2. The van der Waals surface area contributed by atoms with Crippen LogP contribution in [0, 0.1) is 11.3 Å². The Kier molecular flexibility index (Phi) is 6.83. The zero-order valence-electron chi connectivity index (χ0n) is 16.2. The lowest BCUT2D eigenvalue weighted by atomic mass is 9.96. The van der Waals surface area contributed by atoms with Crippen molar-refractivity contribution in [3.63, 3.8) is 0 Å². The fraction of sp³-hybridized carbons (Fsp3) is 0.304. The van der Waals surface area contributed by atoms with Crippen molar-refractivity contribution < 1.29 is 4.79 Å². The normalized spacial score (nSPS) is 15.3. The number of rotatable bonds is 6. The number of amides is 1. The van der Waals surface area contributed by atoms with E-state index in [2.05, 4.69) is 58.7 Å². The average Bonchev–Trinajstić information content (AvgIpc) is 2.76. The fourth-order valence-corrected chi connectivity index (χ4v) is 3.58. The summed E-state index contributed by atoms with van der Waals surface area (Å²) in [6, 6.07) is 23.1. The highest BCUT2D eigenvalue weighted by Gasteiger charge is 2.29. The van der Waals surface area contributed by atoms with Crippen molar-refractivity contribution >= 4 is 5.91 Å². The van der Waals surface area contributed by atoms with Crippen LogP contribution in [-0.2, 0) is 4.79 Å². The van der Waals surface area contributed by atoms with E-state index in [1.54, 1.807) is 4.90 Å². The number of nitrogens with zero attached hydrogens (tertiary/aromatic N) is 3. The van der Waals surface area contributed by atoms with Gasteiger partial charge in [-0.3, -0.25) is 9.69 Å². The maximum absolute atomic E-state index is 12.6. The molecule has 2 aromatic rings. The SMILES string of the molecule is CCN/C=C(/C#N)C(=O)N1CCN(C(c2ccccc2)c2ccccc2)CC1. The van der Waals surface area contributed by atoms with E-state index in [0.29, 0.717) is 19.6 Å². The molecule has 3 rings (SSSR count). The number of nitriles is 1. The molecule has 1 heterocycles. The standard InChI is InChI=1S/C23H26N4O/c1-2-25-18-21(17-24)23(28)27-15-13-26(14-16-27)22(19-9-5-3-6-10-19)20-11-7-4-8-12-20/h3-12,18,22,25H,2,13-16H2,1H3/b21-18-. The molecule has 0 unspecified atom stereocenters. The molecule has 28 heavy (non-hydrogen) atoms. The third-order valence-electron chi connectivity index (χ3n) is 5.00. The molecule has 5 nitrogen and oxygen atoms in total. The number of hydrogen-bond donors (Lipinski definition) is 1. The lowest BCUT2D eigenvalue weighted by Gasteiger charge is -2.39. The van der Waals surface area contributed by atoms with Gasteiger partial charge in [0.25, 0.3) is 5.91 Å². The number of nitrogens with one attached hydrogen (secondary N) is 1. The highest BCUT2D eigenvalue weighted by Crippen LogP contribution is 2.29. The molecule has 2 aromatic carbocycles. The van der Waals surface area contributed by atoms with Gasteiger partial charge in [0, 0.05) is 38.9 Å². The zero-order chi connectivity index (χ0) is 19.8. The van der Waals surface area contributed by atoms with Crippen LogP contribution in [0.5, 0.6) is 0 Å². The van der Waals surface area contributed by atoms with Crippen molar-refractivity contribution in [1.29, 1.82) is 5.26 Å². The molecule has 1 aliphatic rings. The molecule has 1 aliphatic heterocycles. The van der Waals surface area contributed by atoms with Gasteiger partial charge in [0.15, 0.2) is 0 Å². The third kappa shape index (κ3) is 4.59. The number of hydrogen-bond acceptors (Lipinski definition) is 4. The summed E-state index contributed by atoms with van der Waals surface area (Å²) in [4.78, 5) is 16.8. The van der Waals surface area contributed by atoms with Crippen LogP contribution >= 0.6 is 0 Å². The van der Waals surface area contributed by atoms with E-state index in [9.17, 15) is 10.1 Å². The van der Waals surface area contributed by atoms with E-state index in [-0.39, 0.29) is 17.5 Å². The van der Waals surface area contributed by atoms with Gasteiger partial charge in [-0.15, -0.1) is 0 Å². The molecule has 0 bridgehead atoms. The summed E-state index contributed by atoms with van der Waals surface area (Å²) >= 11 is 0. The molecular formula is C23H26N4O. The summed E-state index contributed by atoms with van der Waals surface area (Å²) in [6.07, 6.45) is 1.52. The Balaban J connectivity index is 1.74. The van der Waals surface area contributed by atoms with Crippen LogP contribution in [0.15, 0.2) is 72.4 Å². The molecule has 0 aromatic heterocycles. The molecule has 0 spiro atoms. The van der Waals surface area contributed by atoms with E-state index >= 15 is 0 Å². The minimum Gasteiger partial charge on any atom is -0.390 e. The van der Waals surface area contributed by atoms with Crippen molar-refractivity contribution in [3.05, 3.63) is 83.6 Å². The molecule has 0 atom stereocenters. The van der Waals surface area contributed by atoms with E-state index in [0.717, 1.165) is 13.1 Å². The van der Waals surface area contributed by atoms with Gasteiger partial charge in [0.2, 0.25) is 0 Å². The molecule has 1 amide bonds. The highest BCUT2D eigenvalue weighted by molar-refractivity contribution is 5.97. The molecule has 5 heteroatoms. The summed E-state index contributed by atoms with van der Waals surface area (Å²) in [5.41, 5.74) is 2.66. The van der Waals surface area contributed by atoms with Gasteiger partial charge < -0.3 is 10.2 Å². The predicted molar refractivity (Wildman–Crippen MR) is 110 cm³/mol. The summed E-state index contributed by atoms with van der Waals surface area (Å²) in [7, 11) is 0. The number of carbonyl (C=O) groups excluding carboxylic acids is 1. The van der Waals surface area contributed by atoms with Gasteiger partial charge in [-0.05, 0) is 18.1 Å². The number of piperazine rings is 1. The average molecular weight is 374 g/mol. The molecule has 144 valence electrons. The predicted octanol–water partition coefficient (Wildman–Crippen LogP) is 2.94. The van der Waals surface area contributed by atoms with Crippen molar-refractivity contribution in [3.8, 4) is 6.07 Å². The number of benzene rings is 2. The van der Waals surface area contributed by atoms with Gasteiger partial charge in [-0.1, -0.05) is 60.7 Å². The van der Waals surface area contributed by atoms with Crippen LogP contribution in [0.2, 0.25) is 0 Å². The Hall–Kier alpha value is -3.10. The Bertz CT molecular complexity index is 794. The van der Waals surface area contributed by atoms with E-state index in [1.165, 1.54) is 17.3 Å². The molecule has 1 N–H and O–H groups in total. The zero-order valence-corrected chi connectivity index (χ0v) is 16.2. The monoisotopic (exact) mass is 374 g/mol. The third-order valence-corrected chi connectivity index (χ3v) is 5.00. The van der Waals surface area contributed by atoms with E-state index < -0.39 is 0 Å². The van der Waals surface area contributed by atoms with Gasteiger partial charge in [-0.25, -0.2) is 0 Å². The lowest BCUT2D eigenvalue weighted by molar-refractivity contribution is -0.128. The Morgan fingerprint density at radius 1 is 1.04 bits per heavy atom. The van der Waals surface area contributed by atoms with Gasteiger partial charge >= 0.3 is 0 Å². The van der Waals surface area contributed by atoms with Crippen LogP contribution in [0.3, 0.4) is 0 Å². The number of carbonyl (C=O) groups is 1. The molecule has 1 saturated heterocycles. The largest absolute Gasteiger partial charge is 0.390 e. The van der Waals surface area contributed by atoms with Gasteiger partial charge in [0.1, 0.15) is 11.6 Å². The second-order valence-corrected chi connectivity index (χ2v) is 6.78. The summed E-state index contributed by atoms with van der Waals surface area (Å²) < 4.78 is 0. The van der Waals surface area contributed by atoms with E-state index in [1.807, 2.05) is 25.1 Å². The van der Waals surface area contributed by atoms with Gasteiger partial charge in [0.05, 0.1) is 6.04 Å². The van der Waals surface area contributed by atoms with Gasteiger partial charge in [-0.2, -0.15) is 5.26 Å². The summed E-state index contributed by atoms with van der Waals surface area (Å²) in [5.74, 6) is -0.195. The topological polar surface area (TPSA) is 59.4 Å². The van der Waals surface area contributed by atoms with Crippen LogP contribution in [0.25, 0.3) is 0 Å². The first-order valence-electron chi connectivity index (χ1n) is 9.71. The maximum Gasteiger partial charge on any atom is 0.266 e. The van der Waals surface area contributed by atoms with Crippen LogP contribution in [0.4, 0.5) is 0 Å². The van der Waals surface area contributed by atoms with E-state index in [4.69, 9.17) is 0 Å². The first kappa shape index (κ1) is 19.7. The minimum absolute atomic E-state index is 0.160. The Labute approximate surface area is 166 Å². The quantitative estimate of drug-likeness (QED) is 0.624. The van der Waals surface area contributed by atoms with Crippen molar-refractivity contribution in [1.82, 2.24) is 15.1 Å². The molecule has 0 radical (unpaired) electrons. The van der Waals surface area contributed by atoms with Crippen LogP contribution in [-0.4, -0.2) is 48.4 Å². The first-order chi connectivity index (χ1) is 13.7. The second kappa shape index (κ2) is 9.72. The lowest BCUT2D eigenvalue weighted by Crippen LogP contribution is -2.50. The highest BCUT2D eigenvalue weighted by atomic mass is 16.2. The van der Waals surface area contributed by atoms with Crippen molar-refractivity contribution in [2.45, 2.75) is 13.0 Å². The smallest absolute Gasteiger partial charge is 0.266 e.